The average molecular weight is 269 g/mol. The molecule has 8 heteroatoms. The first-order valence-corrected chi connectivity index (χ1v) is 6.15. The van der Waals surface area contributed by atoms with E-state index >= 15 is 0 Å². The van der Waals surface area contributed by atoms with Crippen molar-refractivity contribution in [3.8, 4) is 0 Å². The van der Waals surface area contributed by atoms with Gasteiger partial charge in [0.1, 0.15) is 12.9 Å². The lowest BCUT2D eigenvalue weighted by Gasteiger charge is -2.14. The Labute approximate surface area is 111 Å². The van der Waals surface area contributed by atoms with Gasteiger partial charge in [0.25, 0.3) is 5.91 Å². The highest BCUT2D eigenvalue weighted by atomic mass is 16.5. The molecule has 1 aromatic rings. The van der Waals surface area contributed by atoms with Gasteiger partial charge in [-0.15, -0.1) is 5.10 Å². The predicted molar refractivity (Wildman–Crippen MR) is 67.9 cm³/mol. The van der Waals surface area contributed by atoms with Crippen LogP contribution in [0.15, 0.2) is 6.33 Å². The van der Waals surface area contributed by atoms with Gasteiger partial charge in [-0.05, 0) is 12.8 Å². The molecule has 0 radical (unpaired) electrons. The summed E-state index contributed by atoms with van der Waals surface area (Å²) < 4.78 is 6.07. The molecular weight excluding hydrogens is 250 g/mol. The van der Waals surface area contributed by atoms with E-state index in [1.54, 1.807) is 0 Å². The zero-order valence-corrected chi connectivity index (χ0v) is 11.1. The molecule has 0 aromatic carbocycles. The van der Waals surface area contributed by atoms with Crippen LogP contribution in [-0.2, 0) is 20.9 Å². The normalized spacial score (nSPS) is 10.5. The lowest BCUT2D eigenvalue weighted by molar-refractivity contribution is -0.149. The van der Waals surface area contributed by atoms with E-state index in [0.29, 0.717) is 0 Å². The fourth-order valence-corrected chi connectivity index (χ4v) is 1.47. The largest absolute Gasteiger partial charge is 0.454 e. The lowest BCUT2D eigenvalue weighted by atomic mass is 10.2. The molecule has 0 saturated carbocycles. The monoisotopic (exact) mass is 269 g/mol. The molecule has 0 saturated heterocycles. The Balaban J connectivity index is 2.28. The molecule has 0 unspecified atom stereocenters. The number of nitrogen functional groups attached to an aromatic ring is 1. The number of hydrogen-bond acceptors (Lipinski definition) is 6. The summed E-state index contributed by atoms with van der Waals surface area (Å²) in [6.45, 7) is 3.55. The van der Waals surface area contributed by atoms with Crippen LogP contribution in [0.25, 0.3) is 0 Å². The van der Waals surface area contributed by atoms with E-state index in [2.05, 4.69) is 15.4 Å². The van der Waals surface area contributed by atoms with Gasteiger partial charge in [0, 0.05) is 6.04 Å². The third-order valence-corrected chi connectivity index (χ3v) is 2.56. The van der Waals surface area contributed by atoms with Crippen LogP contribution < -0.4 is 11.1 Å². The van der Waals surface area contributed by atoms with Gasteiger partial charge in [0.05, 0.1) is 0 Å². The highest BCUT2D eigenvalue weighted by Crippen LogP contribution is 1.96. The number of ether oxygens (including phenoxy) is 1. The van der Waals surface area contributed by atoms with Crippen molar-refractivity contribution in [1.82, 2.24) is 20.1 Å². The van der Waals surface area contributed by atoms with Gasteiger partial charge < -0.3 is 15.8 Å². The van der Waals surface area contributed by atoms with E-state index < -0.39 is 5.97 Å². The number of carbonyl (C=O) groups excluding carboxylic acids is 2. The van der Waals surface area contributed by atoms with Gasteiger partial charge in [-0.3, -0.25) is 9.59 Å². The minimum Gasteiger partial charge on any atom is -0.454 e. The zero-order valence-electron chi connectivity index (χ0n) is 11.1. The first kappa shape index (κ1) is 14.9. The van der Waals surface area contributed by atoms with E-state index in [9.17, 15) is 9.59 Å². The van der Waals surface area contributed by atoms with Gasteiger partial charge in [0.2, 0.25) is 5.95 Å². The van der Waals surface area contributed by atoms with E-state index in [1.807, 2.05) is 13.8 Å². The molecule has 1 amide bonds. The number of nitrogens with two attached hydrogens (primary N) is 1. The molecule has 0 aliphatic carbocycles. The van der Waals surface area contributed by atoms with Crippen LogP contribution in [0.2, 0.25) is 0 Å². The third kappa shape index (κ3) is 5.36. The van der Waals surface area contributed by atoms with Gasteiger partial charge in [0.15, 0.2) is 6.61 Å². The quantitative estimate of drug-likeness (QED) is 0.658. The molecule has 0 aliphatic heterocycles. The van der Waals surface area contributed by atoms with Crippen molar-refractivity contribution in [2.24, 2.45) is 0 Å². The first-order chi connectivity index (χ1) is 9.05. The molecule has 1 heterocycles. The van der Waals surface area contributed by atoms with Crippen molar-refractivity contribution in [1.29, 1.82) is 0 Å². The topological polar surface area (TPSA) is 112 Å². The van der Waals surface area contributed by atoms with E-state index in [-0.39, 0.29) is 31.0 Å². The maximum atomic E-state index is 11.5. The van der Waals surface area contributed by atoms with Crippen LogP contribution in [0.1, 0.15) is 26.7 Å². The van der Waals surface area contributed by atoms with Crippen LogP contribution in [0.4, 0.5) is 5.95 Å². The number of amides is 1. The zero-order chi connectivity index (χ0) is 14.3. The molecule has 0 spiro atoms. The van der Waals surface area contributed by atoms with Gasteiger partial charge in [-0.2, -0.15) is 0 Å². The molecule has 1 rings (SSSR count). The SMILES string of the molecule is CCC(CC)NC(=O)COC(=O)Cn1cnc(N)n1. The summed E-state index contributed by atoms with van der Waals surface area (Å²) in [5, 5.41) is 6.50. The molecule has 0 bridgehead atoms. The van der Waals surface area contributed by atoms with E-state index in [0.717, 1.165) is 12.8 Å². The fourth-order valence-electron chi connectivity index (χ4n) is 1.47. The molecule has 0 fully saturated rings. The van der Waals surface area contributed by atoms with Gasteiger partial charge >= 0.3 is 5.97 Å². The number of hydrogen-bond donors (Lipinski definition) is 2. The van der Waals surface area contributed by atoms with Crippen LogP contribution in [0, 0.1) is 0 Å². The summed E-state index contributed by atoms with van der Waals surface area (Å²) in [4.78, 5) is 26.6. The Bertz CT molecular complexity index is 428. The summed E-state index contributed by atoms with van der Waals surface area (Å²) in [6, 6.07) is 0.112. The first-order valence-electron chi connectivity index (χ1n) is 6.15. The Morgan fingerprint density at radius 3 is 2.68 bits per heavy atom. The van der Waals surface area contributed by atoms with Crippen molar-refractivity contribution >= 4 is 17.8 Å². The Kier molecular flexibility index (Phi) is 5.77. The molecule has 3 N–H and O–H groups in total. The van der Waals surface area contributed by atoms with E-state index in [4.69, 9.17) is 10.5 Å². The summed E-state index contributed by atoms with van der Waals surface area (Å²) >= 11 is 0. The second-order valence-corrected chi connectivity index (χ2v) is 4.04. The summed E-state index contributed by atoms with van der Waals surface area (Å²) in [7, 11) is 0. The molecule has 1 aromatic heterocycles. The molecule has 0 aliphatic rings. The highest BCUT2D eigenvalue weighted by molar-refractivity contribution is 5.80. The van der Waals surface area contributed by atoms with Crippen molar-refractivity contribution in [2.75, 3.05) is 12.3 Å². The van der Waals surface area contributed by atoms with Crippen molar-refractivity contribution < 1.29 is 14.3 Å². The standard InChI is InChI=1S/C11H19N5O3/c1-3-8(4-2)14-9(17)6-19-10(18)5-16-7-13-11(12)15-16/h7-8H,3-6H2,1-2H3,(H2,12,15)(H,14,17). The smallest absolute Gasteiger partial charge is 0.328 e. The summed E-state index contributed by atoms with van der Waals surface area (Å²) in [6.07, 6.45) is 3.00. The Morgan fingerprint density at radius 1 is 1.47 bits per heavy atom. The van der Waals surface area contributed by atoms with Crippen LogP contribution in [0.5, 0.6) is 0 Å². The molecule has 8 nitrogen and oxygen atoms in total. The number of esters is 1. The lowest BCUT2D eigenvalue weighted by Crippen LogP contribution is -2.37. The van der Waals surface area contributed by atoms with Crippen molar-refractivity contribution in [3.05, 3.63) is 6.33 Å². The Morgan fingerprint density at radius 2 is 2.16 bits per heavy atom. The van der Waals surface area contributed by atoms with Crippen LogP contribution >= 0.6 is 0 Å². The van der Waals surface area contributed by atoms with Crippen LogP contribution in [0.3, 0.4) is 0 Å². The second-order valence-electron chi connectivity index (χ2n) is 4.04. The summed E-state index contributed by atoms with van der Waals surface area (Å²) in [5.74, 6) is -0.788. The van der Waals surface area contributed by atoms with Crippen molar-refractivity contribution in [2.45, 2.75) is 39.3 Å². The fraction of sp³-hybridized carbons (Fsp3) is 0.636. The minimum atomic E-state index is -0.565. The maximum absolute atomic E-state index is 11.5. The average Bonchev–Trinajstić information content (AvgIpc) is 2.79. The van der Waals surface area contributed by atoms with Crippen molar-refractivity contribution in [3.63, 3.8) is 0 Å². The number of nitrogens with zero attached hydrogens (tertiary/aromatic N) is 3. The van der Waals surface area contributed by atoms with Gasteiger partial charge in [-0.1, -0.05) is 13.8 Å². The number of aromatic nitrogens is 3. The third-order valence-electron chi connectivity index (χ3n) is 2.56. The Hall–Kier alpha value is -2.12. The number of nitrogens with one attached hydrogen (secondary N) is 1. The second kappa shape index (κ2) is 7.34. The maximum Gasteiger partial charge on any atom is 0.328 e. The number of carbonyl (C=O) groups is 2. The highest BCUT2D eigenvalue weighted by Gasteiger charge is 2.12. The molecule has 106 valence electrons. The number of anilines is 1. The predicted octanol–water partition coefficient (Wildman–Crippen LogP) is -0.292. The van der Waals surface area contributed by atoms with Gasteiger partial charge in [-0.25, -0.2) is 9.67 Å². The molecular formula is C11H19N5O3. The number of rotatable bonds is 7. The molecule has 0 atom stereocenters. The minimum absolute atomic E-state index is 0.0827. The van der Waals surface area contributed by atoms with E-state index in [1.165, 1.54) is 11.0 Å². The molecule has 19 heavy (non-hydrogen) atoms. The summed E-state index contributed by atoms with van der Waals surface area (Å²) in [5.41, 5.74) is 5.30. The van der Waals surface area contributed by atoms with Crippen LogP contribution in [-0.4, -0.2) is 39.3 Å².